The number of anilines is 1. The van der Waals surface area contributed by atoms with Crippen LogP contribution in [0.5, 0.6) is 6.01 Å². The van der Waals surface area contributed by atoms with Crippen LogP contribution in [0.15, 0.2) is 24.8 Å². The van der Waals surface area contributed by atoms with Gasteiger partial charge in [0.15, 0.2) is 5.82 Å². The molecule has 0 aromatic carbocycles. The van der Waals surface area contributed by atoms with Crippen molar-refractivity contribution in [1.29, 1.82) is 0 Å². The maximum absolute atomic E-state index is 12.6. The van der Waals surface area contributed by atoms with Crippen LogP contribution in [0, 0.1) is 0 Å². The van der Waals surface area contributed by atoms with E-state index in [1.807, 2.05) is 0 Å². The molecule has 3 rings (SSSR count). The van der Waals surface area contributed by atoms with Gasteiger partial charge in [0, 0.05) is 30.0 Å². The Balaban J connectivity index is 1.81. The molecule has 0 atom stereocenters. The van der Waals surface area contributed by atoms with Crippen molar-refractivity contribution in [2.75, 3.05) is 18.6 Å². The first-order valence-electron chi connectivity index (χ1n) is 9.27. The normalized spacial score (nSPS) is 19.1. The Labute approximate surface area is 166 Å². The third kappa shape index (κ3) is 5.31. The largest absolute Gasteiger partial charge is 0.467 e. The minimum absolute atomic E-state index is 0.0840. The van der Waals surface area contributed by atoms with Crippen LogP contribution in [0.2, 0.25) is 0 Å². The van der Waals surface area contributed by atoms with Crippen LogP contribution in [0.1, 0.15) is 25.7 Å². The van der Waals surface area contributed by atoms with Gasteiger partial charge in [-0.2, -0.15) is 0 Å². The molecular formula is C18H23F2N7O2. The number of aromatic nitrogens is 4. The maximum Gasteiger partial charge on any atom is 0.323 e. The molecule has 2 aromatic heterocycles. The summed E-state index contributed by atoms with van der Waals surface area (Å²) in [4.78, 5) is 30.7. The number of nitrogens with zero attached hydrogens (tertiary/aromatic N) is 5. The number of carbonyl (C=O) groups is 1. The zero-order valence-corrected chi connectivity index (χ0v) is 16.0. The highest BCUT2D eigenvalue weighted by molar-refractivity contribution is 5.91. The van der Waals surface area contributed by atoms with Crippen LogP contribution in [0.4, 0.5) is 19.4 Å². The molecule has 9 nitrogen and oxygen atoms in total. The molecule has 0 bridgehead atoms. The van der Waals surface area contributed by atoms with E-state index >= 15 is 0 Å². The molecule has 1 saturated carbocycles. The molecule has 156 valence electrons. The second kappa shape index (κ2) is 9.50. The average molecular weight is 407 g/mol. The first-order valence-corrected chi connectivity index (χ1v) is 9.27. The van der Waals surface area contributed by atoms with Crippen LogP contribution in [-0.4, -0.2) is 58.1 Å². The second-order valence-corrected chi connectivity index (χ2v) is 6.73. The number of alkyl halides is 2. The molecule has 0 aliphatic heterocycles. The van der Waals surface area contributed by atoms with Gasteiger partial charge in [0.25, 0.3) is 6.43 Å². The number of nitrogens with two attached hydrogens (primary N) is 1. The molecule has 0 spiro atoms. The molecule has 0 unspecified atom stereocenters. The van der Waals surface area contributed by atoms with Crippen LogP contribution in [0.25, 0.3) is 11.3 Å². The third-order valence-electron chi connectivity index (χ3n) is 4.72. The Bertz CT molecular complexity index is 797. The second-order valence-electron chi connectivity index (χ2n) is 6.73. The van der Waals surface area contributed by atoms with Gasteiger partial charge in [-0.3, -0.25) is 9.88 Å². The van der Waals surface area contributed by atoms with E-state index in [1.54, 1.807) is 12.4 Å². The standard InChI is InChI=1S/C18H23F2N7O2/c1-29-17-24-6-11(7-25-17)14-8-23-16(10-22-14)27(18(28)26-9-15(19)20)13-4-2-12(21)3-5-13/h6-8,10,12-13,15H,2-5,9,21H2,1H3,(H,26,28). The number of carbonyl (C=O) groups excluding carboxylic acids is 1. The first kappa shape index (κ1) is 20.8. The Hall–Kier alpha value is -2.95. The van der Waals surface area contributed by atoms with E-state index in [9.17, 15) is 13.6 Å². The monoisotopic (exact) mass is 407 g/mol. The van der Waals surface area contributed by atoms with Crippen molar-refractivity contribution >= 4 is 11.8 Å². The van der Waals surface area contributed by atoms with Gasteiger partial charge >= 0.3 is 12.0 Å². The molecule has 2 aromatic rings. The molecule has 0 saturated heterocycles. The number of ether oxygens (including phenoxy) is 1. The Morgan fingerprint density at radius 2 is 1.86 bits per heavy atom. The fourth-order valence-electron chi connectivity index (χ4n) is 3.21. The van der Waals surface area contributed by atoms with Gasteiger partial charge in [-0.05, 0) is 25.7 Å². The number of methoxy groups -OCH3 is 1. The lowest BCUT2D eigenvalue weighted by molar-refractivity contribution is 0.146. The van der Waals surface area contributed by atoms with E-state index in [4.69, 9.17) is 10.5 Å². The predicted octanol–water partition coefficient (Wildman–Crippen LogP) is 1.99. The first-order chi connectivity index (χ1) is 14.0. The van der Waals surface area contributed by atoms with Gasteiger partial charge in [0.05, 0.1) is 31.7 Å². The highest BCUT2D eigenvalue weighted by atomic mass is 19.3. The summed E-state index contributed by atoms with van der Waals surface area (Å²) in [7, 11) is 1.47. The summed E-state index contributed by atoms with van der Waals surface area (Å²) < 4.78 is 30.0. The fraction of sp³-hybridized carbons (Fsp3) is 0.500. The zero-order valence-electron chi connectivity index (χ0n) is 16.0. The summed E-state index contributed by atoms with van der Waals surface area (Å²) >= 11 is 0. The summed E-state index contributed by atoms with van der Waals surface area (Å²) in [5.74, 6) is 0.287. The van der Waals surface area contributed by atoms with Crippen LogP contribution >= 0.6 is 0 Å². The molecule has 0 radical (unpaired) electrons. The molecule has 1 fully saturated rings. The number of hydrogen-bond donors (Lipinski definition) is 2. The number of halogens is 2. The average Bonchev–Trinajstić information content (AvgIpc) is 2.74. The van der Waals surface area contributed by atoms with E-state index in [-0.39, 0.29) is 23.9 Å². The maximum atomic E-state index is 12.6. The molecule has 11 heteroatoms. The van der Waals surface area contributed by atoms with Crippen molar-refractivity contribution in [1.82, 2.24) is 25.3 Å². The Morgan fingerprint density at radius 3 is 2.41 bits per heavy atom. The van der Waals surface area contributed by atoms with E-state index in [0.717, 1.165) is 12.8 Å². The van der Waals surface area contributed by atoms with Crippen LogP contribution in [-0.2, 0) is 0 Å². The molecule has 2 amide bonds. The summed E-state index contributed by atoms with van der Waals surface area (Å²) in [5.41, 5.74) is 7.08. The summed E-state index contributed by atoms with van der Waals surface area (Å²) in [5, 5.41) is 2.25. The zero-order chi connectivity index (χ0) is 20.8. The summed E-state index contributed by atoms with van der Waals surface area (Å²) in [6, 6.07) is -0.492. The SMILES string of the molecule is COc1ncc(-c2cnc(N(C(=O)NCC(F)F)C3CCC(N)CC3)cn2)cn1. The van der Waals surface area contributed by atoms with Crippen LogP contribution < -0.4 is 20.7 Å². The molecular weight excluding hydrogens is 384 g/mol. The van der Waals surface area contributed by atoms with E-state index in [0.29, 0.717) is 24.1 Å². The minimum Gasteiger partial charge on any atom is -0.467 e. The van der Waals surface area contributed by atoms with Gasteiger partial charge in [-0.25, -0.2) is 28.5 Å². The lowest BCUT2D eigenvalue weighted by atomic mass is 9.91. The number of urea groups is 1. The quantitative estimate of drug-likeness (QED) is 0.751. The van der Waals surface area contributed by atoms with Crippen molar-refractivity contribution in [2.24, 2.45) is 5.73 Å². The van der Waals surface area contributed by atoms with Crippen LogP contribution in [0.3, 0.4) is 0 Å². The predicted molar refractivity (Wildman–Crippen MR) is 102 cm³/mol. The summed E-state index contributed by atoms with van der Waals surface area (Å²) in [6.07, 6.45) is 6.21. The van der Waals surface area contributed by atoms with Crippen molar-refractivity contribution in [3.8, 4) is 17.3 Å². The summed E-state index contributed by atoms with van der Waals surface area (Å²) in [6.45, 7) is -0.726. The number of rotatable bonds is 6. The van der Waals surface area contributed by atoms with Gasteiger partial charge in [0.2, 0.25) is 0 Å². The molecule has 1 aliphatic carbocycles. The van der Waals surface area contributed by atoms with E-state index in [1.165, 1.54) is 24.4 Å². The topological polar surface area (TPSA) is 119 Å². The van der Waals surface area contributed by atoms with Crippen molar-refractivity contribution in [3.05, 3.63) is 24.8 Å². The lowest BCUT2D eigenvalue weighted by Gasteiger charge is -2.35. The van der Waals surface area contributed by atoms with Gasteiger partial charge in [-0.15, -0.1) is 0 Å². The number of hydrogen-bond acceptors (Lipinski definition) is 7. The van der Waals surface area contributed by atoms with Gasteiger partial charge in [-0.1, -0.05) is 0 Å². The highest BCUT2D eigenvalue weighted by Gasteiger charge is 2.30. The lowest BCUT2D eigenvalue weighted by Crippen LogP contribution is -2.50. The van der Waals surface area contributed by atoms with Crippen molar-refractivity contribution in [3.63, 3.8) is 0 Å². The smallest absolute Gasteiger partial charge is 0.323 e. The molecule has 2 heterocycles. The van der Waals surface area contributed by atoms with Crippen molar-refractivity contribution in [2.45, 2.75) is 44.2 Å². The highest BCUT2D eigenvalue weighted by Crippen LogP contribution is 2.26. The Kier molecular flexibility index (Phi) is 6.81. The molecule has 3 N–H and O–H groups in total. The molecule has 29 heavy (non-hydrogen) atoms. The van der Waals surface area contributed by atoms with E-state index in [2.05, 4.69) is 25.3 Å². The van der Waals surface area contributed by atoms with Gasteiger partial charge in [0.1, 0.15) is 0 Å². The fourth-order valence-corrected chi connectivity index (χ4v) is 3.21. The number of nitrogens with one attached hydrogen (secondary N) is 1. The van der Waals surface area contributed by atoms with Crippen molar-refractivity contribution < 1.29 is 18.3 Å². The van der Waals surface area contributed by atoms with Gasteiger partial charge < -0.3 is 15.8 Å². The Morgan fingerprint density at radius 1 is 1.17 bits per heavy atom. The number of amides is 2. The van der Waals surface area contributed by atoms with E-state index < -0.39 is 19.0 Å². The molecule has 1 aliphatic rings. The third-order valence-corrected chi connectivity index (χ3v) is 4.72. The minimum atomic E-state index is -2.64.